The molecular formula is C22H15N. The van der Waals surface area contributed by atoms with E-state index in [2.05, 4.69) is 71.7 Å². The first kappa shape index (κ1) is 12.6. The number of rotatable bonds is 1. The molecule has 1 heterocycles. The highest BCUT2D eigenvalue weighted by Gasteiger charge is 2.19. The molecule has 3 aromatic carbocycles. The Morgan fingerprint density at radius 2 is 1.57 bits per heavy atom. The van der Waals surface area contributed by atoms with E-state index in [4.69, 9.17) is 0 Å². The third kappa shape index (κ3) is 1.83. The first-order valence-electron chi connectivity index (χ1n) is 7.97. The molecule has 0 saturated carbocycles. The van der Waals surface area contributed by atoms with Crippen LogP contribution in [0.2, 0.25) is 0 Å². The number of nitrogens with zero attached hydrogens (tertiary/aromatic N) is 1. The van der Waals surface area contributed by atoms with E-state index in [1.807, 2.05) is 12.3 Å². The maximum absolute atomic E-state index is 4.52. The van der Waals surface area contributed by atoms with Gasteiger partial charge in [-0.2, -0.15) is 0 Å². The summed E-state index contributed by atoms with van der Waals surface area (Å²) in [7, 11) is 0. The van der Waals surface area contributed by atoms with E-state index in [0.717, 1.165) is 12.1 Å². The van der Waals surface area contributed by atoms with Crippen molar-refractivity contribution in [1.29, 1.82) is 0 Å². The number of benzene rings is 3. The Morgan fingerprint density at radius 3 is 2.48 bits per heavy atom. The molecule has 0 radical (unpaired) electrons. The summed E-state index contributed by atoms with van der Waals surface area (Å²) in [6, 6.07) is 23.7. The van der Waals surface area contributed by atoms with E-state index in [1.54, 1.807) is 0 Å². The van der Waals surface area contributed by atoms with Crippen molar-refractivity contribution in [2.75, 3.05) is 0 Å². The van der Waals surface area contributed by atoms with Gasteiger partial charge in [-0.1, -0.05) is 60.7 Å². The van der Waals surface area contributed by atoms with Gasteiger partial charge in [0.05, 0.1) is 5.69 Å². The van der Waals surface area contributed by atoms with Crippen molar-refractivity contribution in [1.82, 2.24) is 4.98 Å². The Kier molecular flexibility index (Phi) is 2.62. The third-order valence-corrected chi connectivity index (χ3v) is 4.78. The van der Waals surface area contributed by atoms with Gasteiger partial charge in [0.25, 0.3) is 0 Å². The van der Waals surface area contributed by atoms with E-state index >= 15 is 0 Å². The molecule has 0 spiro atoms. The fraction of sp³-hybridized carbons (Fsp3) is 0.0455. The molecule has 4 aromatic rings. The number of allylic oxidation sites excluding steroid dienone is 1. The first-order chi connectivity index (χ1) is 11.4. The molecule has 5 rings (SSSR count). The van der Waals surface area contributed by atoms with Crippen molar-refractivity contribution in [2.45, 2.75) is 6.42 Å². The van der Waals surface area contributed by atoms with E-state index in [9.17, 15) is 0 Å². The Morgan fingerprint density at radius 1 is 0.696 bits per heavy atom. The average molecular weight is 293 g/mol. The molecule has 23 heavy (non-hydrogen) atoms. The van der Waals surface area contributed by atoms with Gasteiger partial charge in [0.1, 0.15) is 0 Å². The van der Waals surface area contributed by atoms with Gasteiger partial charge in [-0.05, 0) is 51.2 Å². The van der Waals surface area contributed by atoms with Crippen LogP contribution in [0.25, 0.3) is 27.1 Å². The van der Waals surface area contributed by atoms with Crippen LogP contribution >= 0.6 is 0 Å². The highest BCUT2D eigenvalue weighted by Crippen LogP contribution is 2.38. The molecule has 0 unspecified atom stereocenters. The van der Waals surface area contributed by atoms with Gasteiger partial charge >= 0.3 is 0 Å². The SMILES string of the molecule is C1=C(c2ccccn2)c2ccc3c(ccc4ccccc43)c2C1. The Hall–Kier alpha value is -2.93. The molecule has 0 atom stereocenters. The van der Waals surface area contributed by atoms with Gasteiger partial charge in [0, 0.05) is 11.8 Å². The summed E-state index contributed by atoms with van der Waals surface area (Å²) in [5.41, 5.74) is 5.07. The summed E-state index contributed by atoms with van der Waals surface area (Å²) in [4.78, 5) is 4.52. The summed E-state index contributed by atoms with van der Waals surface area (Å²) >= 11 is 0. The molecule has 1 aromatic heterocycles. The van der Waals surface area contributed by atoms with Gasteiger partial charge in [-0.3, -0.25) is 4.98 Å². The number of hydrogen-bond acceptors (Lipinski definition) is 1. The Labute approximate surface area is 134 Å². The molecule has 0 saturated heterocycles. The van der Waals surface area contributed by atoms with Crippen molar-refractivity contribution in [2.24, 2.45) is 0 Å². The van der Waals surface area contributed by atoms with E-state index in [1.165, 1.54) is 38.2 Å². The Balaban J connectivity index is 1.77. The van der Waals surface area contributed by atoms with Crippen molar-refractivity contribution in [3.63, 3.8) is 0 Å². The molecule has 1 aliphatic rings. The standard InChI is InChI=1S/C22H15N/c1-2-6-16-15(5-1)8-9-18-17(16)10-11-20-19(18)12-13-21(20)22-7-3-4-14-23-22/h1-11,13-14H,12H2. The van der Waals surface area contributed by atoms with Crippen molar-refractivity contribution in [3.8, 4) is 0 Å². The second-order valence-electron chi connectivity index (χ2n) is 6.01. The summed E-state index contributed by atoms with van der Waals surface area (Å²) in [5.74, 6) is 0. The van der Waals surface area contributed by atoms with Gasteiger partial charge < -0.3 is 0 Å². The molecule has 1 nitrogen and oxygen atoms in total. The van der Waals surface area contributed by atoms with Crippen LogP contribution in [0.4, 0.5) is 0 Å². The highest BCUT2D eigenvalue weighted by atomic mass is 14.7. The zero-order valence-corrected chi connectivity index (χ0v) is 12.7. The molecule has 1 heteroatoms. The van der Waals surface area contributed by atoms with Crippen LogP contribution in [-0.4, -0.2) is 4.98 Å². The summed E-state index contributed by atoms with van der Waals surface area (Å²) < 4.78 is 0. The molecule has 0 N–H and O–H groups in total. The lowest BCUT2D eigenvalue weighted by Crippen LogP contribution is -1.91. The lowest BCUT2D eigenvalue weighted by molar-refractivity contribution is 1.28. The van der Waals surface area contributed by atoms with Gasteiger partial charge in [-0.15, -0.1) is 0 Å². The third-order valence-electron chi connectivity index (χ3n) is 4.78. The fourth-order valence-electron chi connectivity index (χ4n) is 3.70. The van der Waals surface area contributed by atoms with Crippen molar-refractivity contribution >= 4 is 27.1 Å². The van der Waals surface area contributed by atoms with Crippen LogP contribution in [0, 0.1) is 0 Å². The predicted octanol–water partition coefficient (Wildman–Crippen LogP) is 5.38. The van der Waals surface area contributed by atoms with E-state index in [-0.39, 0.29) is 0 Å². The van der Waals surface area contributed by atoms with Gasteiger partial charge in [-0.25, -0.2) is 0 Å². The smallest absolute Gasteiger partial charge is 0.0704 e. The van der Waals surface area contributed by atoms with Crippen molar-refractivity contribution < 1.29 is 0 Å². The zero-order valence-electron chi connectivity index (χ0n) is 12.7. The van der Waals surface area contributed by atoms with Gasteiger partial charge in [0.2, 0.25) is 0 Å². The molecule has 0 amide bonds. The zero-order chi connectivity index (χ0) is 15.2. The number of fused-ring (bicyclic) bond motifs is 5. The van der Waals surface area contributed by atoms with E-state index < -0.39 is 0 Å². The van der Waals surface area contributed by atoms with Gasteiger partial charge in [0.15, 0.2) is 0 Å². The number of aromatic nitrogens is 1. The summed E-state index contributed by atoms with van der Waals surface area (Å²) in [6.07, 6.45) is 5.15. The first-order valence-corrected chi connectivity index (χ1v) is 7.97. The monoisotopic (exact) mass is 293 g/mol. The molecule has 1 aliphatic carbocycles. The maximum atomic E-state index is 4.52. The largest absolute Gasteiger partial charge is 0.256 e. The average Bonchev–Trinajstić information content (AvgIpc) is 3.06. The normalized spacial score (nSPS) is 13.3. The number of hydrogen-bond donors (Lipinski definition) is 0. The van der Waals surface area contributed by atoms with Crippen LogP contribution in [0.15, 0.2) is 79.0 Å². The minimum atomic E-state index is 0.983. The summed E-state index contributed by atoms with van der Waals surface area (Å²) in [5, 5.41) is 5.34. The molecule has 0 bridgehead atoms. The quantitative estimate of drug-likeness (QED) is 0.430. The van der Waals surface area contributed by atoms with Crippen LogP contribution in [0.3, 0.4) is 0 Å². The molecule has 108 valence electrons. The van der Waals surface area contributed by atoms with Crippen LogP contribution in [0.5, 0.6) is 0 Å². The maximum Gasteiger partial charge on any atom is 0.0704 e. The van der Waals surface area contributed by atoms with Crippen LogP contribution in [0.1, 0.15) is 16.8 Å². The molecule has 0 fully saturated rings. The topological polar surface area (TPSA) is 12.9 Å². The minimum Gasteiger partial charge on any atom is -0.256 e. The van der Waals surface area contributed by atoms with Crippen LogP contribution < -0.4 is 0 Å². The molecule has 0 aliphatic heterocycles. The molecular weight excluding hydrogens is 278 g/mol. The lowest BCUT2D eigenvalue weighted by Gasteiger charge is -2.11. The van der Waals surface area contributed by atoms with Crippen molar-refractivity contribution in [3.05, 3.63) is 95.8 Å². The predicted molar refractivity (Wildman–Crippen MR) is 96.5 cm³/mol. The lowest BCUT2D eigenvalue weighted by atomic mass is 9.94. The number of pyridine rings is 1. The van der Waals surface area contributed by atoms with Crippen LogP contribution in [-0.2, 0) is 6.42 Å². The summed E-state index contributed by atoms with van der Waals surface area (Å²) in [6.45, 7) is 0. The second kappa shape index (κ2) is 4.79. The fourth-order valence-corrected chi connectivity index (χ4v) is 3.70. The Bertz CT molecular complexity index is 1080. The highest BCUT2D eigenvalue weighted by molar-refractivity contribution is 6.10. The van der Waals surface area contributed by atoms with E-state index in [0.29, 0.717) is 0 Å². The minimum absolute atomic E-state index is 0.983. The second-order valence-corrected chi connectivity index (χ2v) is 6.01.